The maximum atomic E-state index is 13.2. The highest BCUT2D eigenvalue weighted by atomic mass is 19.4. The Bertz CT molecular complexity index is 1120. The summed E-state index contributed by atoms with van der Waals surface area (Å²) in [5, 5.41) is 10.6. The lowest BCUT2D eigenvalue weighted by molar-refractivity contribution is -0.141. The molecule has 176 valence electrons. The van der Waals surface area contributed by atoms with Crippen molar-refractivity contribution in [1.29, 1.82) is 0 Å². The number of carbonyl (C=O) groups excluding carboxylic acids is 1. The molecule has 0 saturated heterocycles. The van der Waals surface area contributed by atoms with Gasteiger partial charge in [-0.15, -0.1) is 0 Å². The Balaban J connectivity index is 1.39. The zero-order valence-corrected chi connectivity index (χ0v) is 18.5. The molecule has 33 heavy (non-hydrogen) atoms. The molecule has 1 aliphatic carbocycles. The maximum absolute atomic E-state index is 13.2. The third-order valence-electron chi connectivity index (χ3n) is 6.27. The number of carbonyl (C=O) groups is 1. The fraction of sp³-hybridized carbons (Fsp3) is 0.500. The van der Waals surface area contributed by atoms with Gasteiger partial charge in [0.15, 0.2) is 5.65 Å². The SMILES string of the molecule is CC(O)(CC(=O)CCCCc1nc2ccc(C(F)(F)F)nc2n1C1CCC1)c1cccnc1. The molecule has 1 N–H and O–H groups in total. The lowest BCUT2D eigenvalue weighted by Gasteiger charge is -2.29. The van der Waals surface area contributed by atoms with Crippen molar-refractivity contribution in [2.24, 2.45) is 0 Å². The molecular formula is C24H27F3N4O2. The number of pyridine rings is 2. The Morgan fingerprint density at radius 1 is 1.18 bits per heavy atom. The second-order valence-electron chi connectivity index (χ2n) is 8.96. The van der Waals surface area contributed by atoms with E-state index < -0.39 is 17.5 Å². The predicted octanol–water partition coefficient (Wildman–Crippen LogP) is 5.15. The topological polar surface area (TPSA) is 80.9 Å². The molecule has 0 aliphatic heterocycles. The first-order chi connectivity index (χ1) is 15.6. The number of aryl methyl sites for hydroxylation is 1. The summed E-state index contributed by atoms with van der Waals surface area (Å²) in [6.07, 6.45) is 3.65. The zero-order valence-electron chi connectivity index (χ0n) is 18.5. The molecular weight excluding hydrogens is 433 g/mol. The van der Waals surface area contributed by atoms with Gasteiger partial charge in [-0.05, 0) is 57.2 Å². The minimum atomic E-state index is -4.50. The summed E-state index contributed by atoms with van der Waals surface area (Å²) in [6, 6.07) is 5.93. The minimum absolute atomic E-state index is 0.00339. The zero-order chi connectivity index (χ0) is 23.6. The first kappa shape index (κ1) is 23.4. The van der Waals surface area contributed by atoms with Gasteiger partial charge in [-0.25, -0.2) is 9.97 Å². The minimum Gasteiger partial charge on any atom is -0.385 e. The molecule has 1 saturated carbocycles. The molecule has 1 unspecified atom stereocenters. The van der Waals surface area contributed by atoms with Crippen molar-refractivity contribution < 1.29 is 23.1 Å². The van der Waals surface area contributed by atoms with Crippen LogP contribution in [-0.4, -0.2) is 30.4 Å². The lowest BCUT2D eigenvalue weighted by Crippen LogP contribution is -2.25. The second kappa shape index (κ2) is 9.21. The van der Waals surface area contributed by atoms with Crippen LogP contribution in [0.2, 0.25) is 0 Å². The quantitative estimate of drug-likeness (QED) is 0.447. The molecule has 1 aliphatic rings. The van der Waals surface area contributed by atoms with E-state index in [0.717, 1.165) is 31.2 Å². The van der Waals surface area contributed by atoms with Crippen molar-refractivity contribution in [2.45, 2.75) is 76.1 Å². The van der Waals surface area contributed by atoms with Crippen molar-refractivity contribution >= 4 is 16.9 Å². The van der Waals surface area contributed by atoms with Gasteiger partial charge in [0.05, 0.1) is 5.60 Å². The summed E-state index contributed by atoms with van der Waals surface area (Å²) in [5.41, 5.74) is -0.834. The monoisotopic (exact) mass is 460 g/mol. The normalized spacial score (nSPS) is 16.5. The number of alkyl halides is 3. The number of halogens is 3. The third-order valence-corrected chi connectivity index (χ3v) is 6.27. The highest BCUT2D eigenvalue weighted by Gasteiger charge is 2.34. The van der Waals surface area contributed by atoms with Crippen LogP contribution in [0.3, 0.4) is 0 Å². The smallest absolute Gasteiger partial charge is 0.385 e. The molecule has 3 aromatic rings. The lowest BCUT2D eigenvalue weighted by atomic mass is 9.90. The number of hydrogen-bond acceptors (Lipinski definition) is 5. The molecule has 4 rings (SSSR count). The fourth-order valence-electron chi connectivity index (χ4n) is 4.24. The number of hydrogen-bond donors (Lipinski definition) is 1. The highest BCUT2D eigenvalue weighted by Crippen LogP contribution is 2.37. The molecule has 1 fully saturated rings. The summed E-state index contributed by atoms with van der Waals surface area (Å²) in [7, 11) is 0. The summed E-state index contributed by atoms with van der Waals surface area (Å²) >= 11 is 0. The van der Waals surface area contributed by atoms with Crippen molar-refractivity contribution in [1.82, 2.24) is 19.5 Å². The third kappa shape index (κ3) is 5.24. The fourth-order valence-corrected chi connectivity index (χ4v) is 4.24. The molecule has 0 radical (unpaired) electrons. The first-order valence-corrected chi connectivity index (χ1v) is 11.2. The summed E-state index contributed by atoms with van der Waals surface area (Å²) in [6.45, 7) is 1.60. The number of imidazole rings is 1. The number of ketones is 1. The predicted molar refractivity (Wildman–Crippen MR) is 116 cm³/mol. The van der Waals surface area contributed by atoms with E-state index in [4.69, 9.17) is 0 Å². The second-order valence-corrected chi connectivity index (χ2v) is 8.96. The Morgan fingerprint density at radius 3 is 2.61 bits per heavy atom. The van der Waals surface area contributed by atoms with Crippen LogP contribution in [0.1, 0.15) is 75.0 Å². The van der Waals surface area contributed by atoms with Gasteiger partial charge in [0.1, 0.15) is 22.8 Å². The summed E-state index contributed by atoms with van der Waals surface area (Å²) in [5.74, 6) is 0.671. The largest absolute Gasteiger partial charge is 0.433 e. The molecule has 3 heterocycles. The molecule has 3 aromatic heterocycles. The first-order valence-electron chi connectivity index (χ1n) is 11.2. The van der Waals surface area contributed by atoms with Crippen molar-refractivity contribution in [2.75, 3.05) is 0 Å². The van der Waals surface area contributed by atoms with Gasteiger partial charge in [-0.1, -0.05) is 6.07 Å². The number of aliphatic hydroxyl groups is 1. The molecule has 0 spiro atoms. The Labute approximate surface area is 189 Å². The van der Waals surface area contributed by atoms with Gasteiger partial charge in [-0.2, -0.15) is 13.2 Å². The van der Waals surface area contributed by atoms with Crippen LogP contribution in [0, 0.1) is 0 Å². The van der Waals surface area contributed by atoms with Crippen LogP contribution in [0.4, 0.5) is 13.2 Å². The number of fused-ring (bicyclic) bond motifs is 1. The average molecular weight is 461 g/mol. The van der Waals surface area contributed by atoms with Gasteiger partial charge in [0, 0.05) is 43.3 Å². The van der Waals surface area contributed by atoms with Gasteiger partial charge in [-0.3, -0.25) is 9.78 Å². The highest BCUT2D eigenvalue weighted by molar-refractivity contribution is 5.79. The average Bonchev–Trinajstić information content (AvgIpc) is 3.07. The summed E-state index contributed by atoms with van der Waals surface area (Å²) < 4.78 is 41.3. The van der Waals surface area contributed by atoms with E-state index in [0.29, 0.717) is 36.8 Å². The van der Waals surface area contributed by atoms with Crippen LogP contribution in [0.15, 0.2) is 36.7 Å². The number of nitrogens with zero attached hydrogens (tertiary/aromatic N) is 4. The van der Waals surface area contributed by atoms with Gasteiger partial charge in [0.25, 0.3) is 0 Å². The van der Waals surface area contributed by atoms with Crippen LogP contribution < -0.4 is 0 Å². The van der Waals surface area contributed by atoms with Crippen LogP contribution in [-0.2, 0) is 23.0 Å². The number of aromatic nitrogens is 4. The van der Waals surface area contributed by atoms with Crippen LogP contribution >= 0.6 is 0 Å². The Hall–Kier alpha value is -2.81. The molecule has 0 aromatic carbocycles. The molecule has 6 nitrogen and oxygen atoms in total. The van der Waals surface area contributed by atoms with Crippen LogP contribution in [0.25, 0.3) is 11.2 Å². The maximum Gasteiger partial charge on any atom is 0.433 e. The molecule has 9 heteroatoms. The van der Waals surface area contributed by atoms with E-state index in [2.05, 4.69) is 15.0 Å². The number of Topliss-reactive ketones (excluding diaryl/α,β-unsaturated/α-hetero) is 1. The van der Waals surface area contributed by atoms with E-state index in [-0.39, 0.29) is 23.9 Å². The molecule has 1 atom stereocenters. The van der Waals surface area contributed by atoms with E-state index in [1.165, 1.54) is 6.07 Å². The number of rotatable bonds is 9. The van der Waals surface area contributed by atoms with Gasteiger partial charge >= 0.3 is 6.18 Å². The Morgan fingerprint density at radius 2 is 1.97 bits per heavy atom. The molecule has 0 amide bonds. The number of unbranched alkanes of at least 4 members (excludes halogenated alkanes) is 1. The van der Waals surface area contributed by atoms with E-state index in [9.17, 15) is 23.1 Å². The van der Waals surface area contributed by atoms with Crippen molar-refractivity contribution in [3.8, 4) is 0 Å². The van der Waals surface area contributed by atoms with Crippen molar-refractivity contribution in [3.05, 3.63) is 53.7 Å². The van der Waals surface area contributed by atoms with Gasteiger partial charge < -0.3 is 9.67 Å². The Kier molecular flexibility index (Phi) is 6.52. The summed E-state index contributed by atoms with van der Waals surface area (Å²) in [4.78, 5) is 24.9. The van der Waals surface area contributed by atoms with Crippen LogP contribution in [0.5, 0.6) is 0 Å². The van der Waals surface area contributed by atoms with E-state index in [1.54, 1.807) is 31.5 Å². The van der Waals surface area contributed by atoms with Crippen molar-refractivity contribution in [3.63, 3.8) is 0 Å². The van der Waals surface area contributed by atoms with E-state index >= 15 is 0 Å². The van der Waals surface area contributed by atoms with Gasteiger partial charge in [0.2, 0.25) is 0 Å². The standard InChI is InChI=1S/C24H27F3N4O2/c1-23(33,16-6-5-13-28-15-16)14-18(32)9-2-3-10-21-29-19-11-12-20(24(25,26)27)30-22(19)31(21)17-7-4-8-17/h5-6,11-13,15,17,33H,2-4,7-10,14H2,1H3. The molecule has 0 bridgehead atoms. The van der Waals surface area contributed by atoms with E-state index in [1.807, 2.05) is 4.57 Å².